The fourth-order valence-corrected chi connectivity index (χ4v) is 7.39. The van der Waals surface area contributed by atoms with Crippen molar-refractivity contribution in [3.8, 4) is 0 Å². The largest absolute Gasteiger partial charge is 0.393 e. The molecule has 0 heterocycles. The molecule has 0 aromatic rings. The Morgan fingerprint density at radius 2 is 1.76 bits per heavy atom. The Hall–Kier alpha value is -0.0400. The quantitative estimate of drug-likeness (QED) is 0.513. The highest BCUT2D eigenvalue weighted by Gasteiger charge is 2.55. The van der Waals surface area contributed by atoms with Crippen LogP contribution in [-0.2, 0) is 0 Å². The lowest BCUT2D eigenvalue weighted by Gasteiger charge is -2.61. The summed E-state index contributed by atoms with van der Waals surface area (Å²) in [6.07, 6.45) is 17.7. The number of hydrogen-bond acceptors (Lipinski definition) is 1. The van der Waals surface area contributed by atoms with Crippen LogP contribution < -0.4 is 0 Å². The second-order valence-electron chi connectivity index (χ2n) is 10.6. The third kappa shape index (κ3) is 3.83. The second kappa shape index (κ2) is 7.91. The van der Waals surface area contributed by atoms with E-state index >= 15 is 0 Å². The molecule has 0 aliphatic heterocycles. The summed E-state index contributed by atoms with van der Waals surface area (Å²) in [4.78, 5) is 0. The van der Waals surface area contributed by atoms with Crippen molar-refractivity contribution in [1.29, 1.82) is 0 Å². The van der Waals surface area contributed by atoms with Gasteiger partial charge in [-0.2, -0.15) is 0 Å². The van der Waals surface area contributed by atoms with Crippen LogP contribution in [0.15, 0.2) is 0 Å². The van der Waals surface area contributed by atoms with E-state index in [0.29, 0.717) is 10.8 Å². The molecule has 0 spiro atoms. The van der Waals surface area contributed by atoms with Gasteiger partial charge in [-0.25, -0.2) is 0 Å². The van der Waals surface area contributed by atoms with Crippen molar-refractivity contribution >= 4 is 0 Å². The Labute approximate surface area is 157 Å². The summed E-state index contributed by atoms with van der Waals surface area (Å²) in [5.41, 5.74) is 1.10. The second-order valence-corrected chi connectivity index (χ2v) is 10.6. The van der Waals surface area contributed by atoms with Crippen LogP contribution in [0.4, 0.5) is 0 Å². The van der Waals surface area contributed by atoms with Crippen molar-refractivity contribution in [2.45, 2.75) is 117 Å². The van der Waals surface area contributed by atoms with Gasteiger partial charge >= 0.3 is 0 Å². The first-order valence-electron chi connectivity index (χ1n) is 11.6. The molecule has 7 atom stereocenters. The minimum Gasteiger partial charge on any atom is -0.393 e. The molecule has 1 heteroatoms. The fraction of sp³-hybridized carbons (Fsp3) is 1.00. The minimum absolute atomic E-state index is 0.0120. The molecule has 4 unspecified atom stereocenters. The molecule has 0 aromatic carbocycles. The number of aliphatic hydroxyl groups is 1. The molecule has 0 saturated heterocycles. The van der Waals surface area contributed by atoms with Crippen molar-refractivity contribution in [2.75, 3.05) is 0 Å². The SMILES string of the molecule is CCCCC[C@@]1(C)CC2C(CCC3C[C@H](O)CC[C@@]32C)CC1CCC. The molecule has 0 radical (unpaired) electrons. The Kier molecular flexibility index (Phi) is 6.24. The first-order chi connectivity index (χ1) is 11.9. The van der Waals surface area contributed by atoms with Crippen LogP contribution in [0.3, 0.4) is 0 Å². The van der Waals surface area contributed by atoms with Gasteiger partial charge in [0.1, 0.15) is 0 Å². The zero-order valence-corrected chi connectivity index (χ0v) is 17.5. The van der Waals surface area contributed by atoms with Crippen LogP contribution in [0.25, 0.3) is 0 Å². The van der Waals surface area contributed by atoms with Gasteiger partial charge in [0.15, 0.2) is 0 Å². The van der Waals surface area contributed by atoms with Gasteiger partial charge in [0.2, 0.25) is 0 Å². The van der Waals surface area contributed by atoms with Gasteiger partial charge in [0, 0.05) is 0 Å². The number of unbranched alkanes of at least 4 members (excludes halogenated alkanes) is 2. The monoisotopic (exact) mass is 348 g/mol. The number of fused-ring (bicyclic) bond motifs is 3. The van der Waals surface area contributed by atoms with Crippen LogP contribution in [-0.4, -0.2) is 11.2 Å². The maximum atomic E-state index is 10.2. The standard InChI is InChI=1S/C24H44O/c1-5-7-8-13-23(3)17-22-18(15-19(23)9-6-2)10-11-20-16-21(25)12-14-24(20,22)4/h18-22,25H,5-17H2,1-4H3/t18?,19?,20?,21-,22?,23+,24+/m1/s1. The van der Waals surface area contributed by atoms with E-state index in [1.807, 2.05) is 0 Å². The van der Waals surface area contributed by atoms with E-state index in [-0.39, 0.29) is 6.10 Å². The van der Waals surface area contributed by atoms with E-state index in [9.17, 15) is 5.11 Å². The molecular weight excluding hydrogens is 304 g/mol. The van der Waals surface area contributed by atoms with Gasteiger partial charge in [0.25, 0.3) is 0 Å². The van der Waals surface area contributed by atoms with Gasteiger partial charge in [0.05, 0.1) is 6.10 Å². The third-order valence-corrected chi connectivity index (χ3v) is 9.06. The van der Waals surface area contributed by atoms with Gasteiger partial charge < -0.3 is 5.11 Å². The van der Waals surface area contributed by atoms with Crippen LogP contribution in [0, 0.1) is 34.5 Å². The highest BCUT2D eigenvalue weighted by atomic mass is 16.3. The van der Waals surface area contributed by atoms with E-state index in [2.05, 4.69) is 27.7 Å². The summed E-state index contributed by atoms with van der Waals surface area (Å²) in [7, 11) is 0. The first-order valence-corrected chi connectivity index (χ1v) is 11.6. The zero-order valence-electron chi connectivity index (χ0n) is 17.5. The van der Waals surface area contributed by atoms with Gasteiger partial charge in [-0.1, -0.05) is 59.8 Å². The van der Waals surface area contributed by atoms with E-state index in [0.717, 1.165) is 36.5 Å². The molecule has 1 nitrogen and oxygen atoms in total. The third-order valence-electron chi connectivity index (χ3n) is 9.06. The Morgan fingerprint density at radius 3 is 2.48 bits per heavy atom. The zero-order chi connectivity index (χ0) is 18.1. The maximum Gasteiger partial charge on any atom is 0.0543 e. The number of hydrogen-bond donors (Lipinski definition) is 1. The molecule has 3 aliphatic carbocycles. The summed E-state index contributed by atoms with van der Waals surface area (Å²) in [5.74, 6) is 3.66. The lowest BCUT2D eigenvalue weighted by molar-refractivity contribution is -0.123. The summed E-state index contributed by atoms with van der Waals surface area (Å²) < 4.78 is 0. The van der Waals surface area contributed by atoms with Crippen molar-refractivity contribution in [3.05, 3.63) is 0 Å². The molecule has 0 amide bonds. The Morgan fingerprint density at radius 1 is 0.960 bits per heavy atom. The summed E-state index contributed by atoms with van der Waals surface area (Å²) in [6.45, 7) is 10.00. The Bertz CT molecular complexity index is 432. The number of rotatable bonds is 6. The lowest BCUT2D eigenvalue weighted by Crippen LogP contribution is -2.53. The molecule has 3 rings (SSSR count). The first kappa shape index (κ1) is 19.7. The lowest BCUT2D eigenvalue weighted by atomic mass is 9.44. The van der Waals surface area contributed by atoms with E-state index in [1.165, 1.54) is 70.6 Å². The summed E-state index contributed by atoms with van der Waals surface area (Å²) >= 11 is 0. The topological polar surface area (TPSA) is 20.2 Å². The molecule has 0 aromatic heterocycles. The minimum atomic E-state index is -0.0120. The van der Waals surface area contributed by atoms with Crippen LogP contribution in [0.1, 0.15) is 111 Å². The summed E-state index contributed by atoms with van der Waals surface area (Å²) in [6, 6.07) is 0. The average molecular weight is 349 g/mol. The van der Waals surface area contributed by atoms with Crippen LogP contribution >= 0.6 is 0 Å². The van der Waals surface area contributed by atoms with Gasteiger partial charge in [-0.15, -0.1) is 0 Å². The molecule has 1 N–H and O–H groups in total. The fourth-order valence-electron chi connectivity index (χ4n) is 7.39. The highest BCUT2D eigenvalue weighted by molar-refractivity contribution is 5.05. The predicted octanol–water partition coefficient (Wildman–Crippen LogP) is 6.98. The van der Waals surface area contributed by atoms with Gasteiger partial charge in [-0.3, -0.25) is 0 Å². The molecule has 146 valence electrons. The van der Waals surface area contributed by atoms with E-state index in [4.69, 9.17) is 0 Å². The van der Waals surface area contributed by atoms with Crippen molar-refractivity contribution < 1.29 is 5.11 Å². The van der Waals surface area contributed by atoms with Gasteiger partial charge in [-0.05, 0) is 85.9 Å². The highest BCUT2D eigenvalue weighted by Crippen LogP contribution is 2.64. The average Bonchev–Trinajstić information content (AvgIpc) is 2.58. The molecular formula is C24H44O. The number of aliphatic hydroxyl groups excluding tert-OH is 1. The smallest absolute Gasteiger partial charge is 0.0543 e. The maximum absolute atomic E-state index is 10.2. The molecule has 3 fully saturated rings. The molecule has 3 saturated carbocycles. The van der Waals surface area contributed by atoms with Crippen LogP contribution in [0.2, 0.25) is 0 Å². The molecule has 3 aliphatic rings. The molecule has 0 bridgehead atoms. The van der Waals surface area contributed by atoms with E-state index < -0.39 is 0 Å². The van der Waals surface area contributed by atoms with Crippen molar-refractivity contribution in [1.82, 2.24) is 0 Å². The summed E-state index contributed by atoms with van der Waals surface area (Å²) in [5, 5.41) is 10.2. The predicted molar refractivity (Wildman–Crippen MR) is 108 cm³/mol. The van der Waals surface area contributed by atoms with E-state index in [1.54, 1.807) is 0 Å². The Balaban J connectivity index is 1.79. The molecule has 25 heavy (non-hydrogen) atoms. The normalized spacial score (nSPS) is 47.2. The van der Waals surface area contributed by atoms with Crippen molar-refractivity contribution in [2.24, 2.45) is 34.5 Å². The van der Waals surface area contributed by atoms with Crippen LogP contribution in [0.5, 0.6) is 0 Å². The van der Waals surface area contributed by atoms with Crippen molar-refractivity contribution in [3.63, 3.8) is 0 Å².